The van der Waals surface area contributed by atoms with Gasteiger partial charge in [-0.3, -0.25) is 0 Å². The highest BCUT2D eigenvalue weighted by atomic mass is 16.3. The van der Waals surface area contributed by atoms with Crippen LogP contribution in [-0.2, 0) is 6.42 Å². The number of piperidine rings is 1. The van der Waals surface area contributed by atoms with Crippen LogP contribution in [0.5, 0.6) is 5.75 Å². The molecule has 3 heteroatoms. The number of hydrogen-bond acceptors (Lipinski definition) is 3. The molecule has 0 radical (unpaired) electrons. The Morgan fingerprint density at radius 1 is 1.12 bits per heavy atom. The largest absolute Gasteiger partial charge is 0.508 e. The maximum Gasteiger partial charge on any atom is 0.115 e. The SMILES string of the molecule is Oc1ccc(CCN2CCC(O)CC2)cc1. The van der Waals surface area contributed by atoms with Gasteiger partial charge in [0.2, 0.25) is 0 Å². The van der Waals surface area contributed by atoms with E-state index in [1.165, 1.54) is 5.56 Å². The van der Waals surface area contributed by atoms with Crippen LogP contribution in [0.2, 0.25) is 0 Å². The van der Waals surface area contributed by atoms with E-state index in [1.807, 2.05) is 12.1 Å². The second-order valence-electron chi connectivity index (χ2n) is 4.49. The van der Waals surface area contributed by atoms with E-state index in [2.05, 4.69) is 4.90 Å². The molecule has 0 aliphatic carbocycles. The van der Waals surface area contributed by atoms with Crippen LogP contribution in [-0.4, -0.2) is 40.9 Å². The van der Waals surface area contributed by atoms with Gasteiger partial charge in [0.1, 0.15) is 5.75 Å². The van der Waals surface area contributed by atoms with Gasteiger partial charge in [-0.05, 0) is 37.0 Å². The van der Waals surface area contributed by atoms with E-state index in [-0.39, 0.29) is 6.10 Å². The van der Waals surface area contributed by atoms with Crippen molar-refractivity contribution in [1.29, 1.82) is 0 Å². The van der Waals surface area contributed by atoms with E-state index in [0.717, 1.165) is 38.9 Å². The molecule has 0 unspecified atom stereocenters. The third kappa shape index (κ3) is 3.22. The number of rotatable bonds is 3. The number of likely N-dealkylation sites (tertiary alicyclic amines) is 1. The maximum absolute atomic E-state index is 9.39. The van der Waals surface area contributed by atoms with Crippen LogP contribution in [0.15, 0.2) is 24.3 Å². The van der Waals surface area contributed by atoms with Crippen molar-refractivity contribution in [2.75, 3.05) is 19.6 Å². The molecule has 1 saturated heterocycles. The molecule has 1 aromatic carbocycles. The molecule has 0 aromatic heterocycles. The van der Waals surface area contributed by atoms with Crippen molar-refractivity contribution in [3.05, 3.63) is 29.8 Å². The van der Waals surface area contributed by atoms with E-state index in [1.54, 1.807) is 12.1 Å². The Hall–Kier alpha value is -1.06. The summed E-state index contributed by atoms with van der Waals surface area (Å²) in [6.07, 6.45) is 2.71. The lowest BCUT2D eigenvalue weighted by Gasteiger charge is -2.29. The highest BCUT2D eigenvalue weighted by Crippen LogP contribution is 2.13. The fourth-order valence-corrected chi connectivity index (χ4v) is 2.09. The number of hydrogen-bond donors (Lipinski definition) is 2. The Bertz CT molecular complexity index is 315. The Balaban J connectivity index is 1.77. The van der Waals surface area contributed by atoms with Crippen LogP contribution >= 0.6 is 0 Å². The predicted octanol–water partition coefficient (Wildman–Crippen LogP) is 1.39. The van der Waals surface area contributed by atoms with Crippen molar-refractivity contribution >= 4 is 0 Å². The summed E-state index contributed by atoms with van der Waals surface area (Å²) in [4.78, 5) is 2.39. The van der Waals surface area contributed by atoms with E-state index in [9.17, 15) is 5.11 Å². The standard InChI is InChI=1S/C13H19NO2/c15-12-3-1-11(2-4-12)5-8-14-9-6-13(16)7-10-14/h1-4,13,15-16H,5-10H2. The zero-order chi connectivity index (χ0) is 11.4. The molecule has 1 aliphatic heterocycles. The van der Waals surface area contributed by atoms with Crippen molar-refractivity contribution in [3.63, 3.8) is 0 Å². The summed E-state index contributed by atoms with van der Waals surface area (Å²) < 4.78 is 0. The summed E-state index contributed by atoms with van der Waals surface area (Å²) in [5.74, 6) is 0.324. The average molecular weight is 221 g/mol. The Morgan fingerprint density at radius 2 is 1.75 bits per heavy atom. The van der Waals surface area contributed by atoms with E-state index in [0.29, 0.717) is 5.75 Å². The first-order valence-corrected chi connectivity index (χ1v) is 5.92. The van der Waals surface area contributed by atoms with Gasteiger partial charge in [-0.1, -0.05) is 12.1 Å². The lowest BCUT2D eigenvalue weighted by atomic mass is 10.1. The number of aliphatic hydroxyl groups is 1. The predicted molar refractivity (Wildman–Crippen MR) is 63.5 cm³/mol. The fraction of sp³-hybridized carbons (Fsp3) is 0.538. The van der Waals surface area contributed by atoms with Crippen LogP contribution in [0.4, 0.5) is 0 Å². The van der Waals surface area contributed by atoms with E-state index in [4.69, 9.17) is 5.11 Å². The molecular formula is C13H19NO2. The Labute approximate surface area is 96.3 Å². The highest BCUT2D eigenvalue weighted by molar-refractivity contribution is 5.25. The molecule has 0 bridgehead atoms. The van der Waals surface area contributed by atoms with Crippen LogP contribution < -0.4 is 0 Å². The third-order valence-corrected chi connectivity index (χ3v) is 3.21. The smallest absolute Gasteiger partial charge is 0.115 e. The molecule has 1 fully saturated rings. The van der Waals surface area contributed by atoms with E-state index < -0.39 is 0 Å². The van der Waals surface area contributed by atoms with Gasteiger partial charge >= 0.3 is 0 Å². The summed E-state index contributed by atoms with van der Waals surface area (Å²) in [6.45, 7) is 3.04. The van der Waals surface area contributed by atoms with Crippen LogP contribution in [0, 0.1) is 0 Å². The number of benzene rings is 1. The first-order valence-electron chi connectivity index (χ1n) is 5.92. The minimum absolute atomic E-state index is 0.0927. The van der Waals surface area contributed by atoms with Crippen LogP contribution in [0.25, 0.3) is 0 Å². The molecule has 1 aromatic rings. The zero-order valence-corrected chi connectivity index (χ0v) is 9.47. The summed E-state index contributed by atoms with van der Waals surface area (Å²) in [5, 5.41) is 18.6. The van der Waals surface area contributed by atoms with Gasteiger partial charge in [0.05, 0.1) is 6.10 Å². The minimum Gasteiger partial charge on any atom is -0.508 e. The van der Waals surface area contributed by atoms with Gasteiger partial charge in [0.15, 0.2) is 0 Å². The minimum atomic E-state index is -0.0927. The average Bonchev–Trinajstić information content (AvgIpc) is 2.30. The molecule has 0 atom stereocenters. The number of nitrogens with zero attached hydrogens (tertiary/aromatic N) is 1. The molecule has 0 spiro atoms. The van der Waals surface area contributed by atoms with Gasteiger partial charge in [-0.15, -0.1) is 0 Å². The lowest BCUT2D eigenvalue weighted by molar-refractivity contribution is 0.0832. The molecule has 3 nitrogen and oxygen atoms in total. The number of aromatic hydroxyl groups is 1. The molecule has 0 saturated carbocycles. The van der Waals surface area contributed by atoms with Crippen molar-refractivity contribution in [2.45, 2.75) is 25.4 Å². The Kier molecular flexibility index (Phi) is 3.80. The van der Waals surface area contributed by atoms with Gasteiger partial charge in [0.25, 0.3) is 0 Å². The zero-order valence-electron chi connectivity index (χ0n) is 9.47. The van der Waals surface area contributed by atoms with Crippen molar-refractivity contribution in [1.82, 2.24) is 4.90 Å². The first kappa shape index (κ1) is 11.4. The van der Waals surface area contributed by atoms with Gasteiger partial charge in [-0.2, -0.15) is 0 Å². The maximum atomic E-state index is 9.39. The van der Waals surface area contributed by atoms with Crippen LogP contribution in [0.1, 0.15) is 18.4 Å². The highest BCUT2D eigenvalue weighted by Gasteiger charge is 2.16. The molecule has 88 valence electrons. The summed E-state index contributed by atoms with van der Waals surface area (Å²) in [6, 6.07) is 7.40. The Morgan fingerprint density at radius 3 is 2.38 bits per heavy atom. The van der Waals surface area contributed by atoms with Gasteiger partial charge in [-0.25, -0.2) is 0 Å². The molecule has 2 N–H and O–H groups in total. The summed E-state index contributed by atoms with van der Waals surface area (Å²) in [5.41, 5.74) is 1.25. The van der Waals surface area contributed by atoms with E-state index >= 15 is 0 Å². The number of aliphatic hydroxyl groups excluding tert-OH is 1. The monoisotopic (exact) mass is 221 g/mol. The summed E-state index contributed by atoms with van der Waals surface area (Å²) in [7, 11) is 0. The summed E-state index contributed by atoms with van der Waals surface area (Å²) >= 11 is 0. The molecule has 1 heterocycles. The number of phenols is 1. The molecule has 1 aliphatic rings. The molecule has 2 rings (SSSR count). The normalized spacial score (nSPS) is 18.8. The fourth-order valence-electron chi connectivity index (χ4n) is 2.09. The number of phenolic OH excluding ortho intramolecular Hbond substituents is 1. The molecular weight excluding hydrogens is 202 g/mol. The van der Waals surface area contributed by atoms with Crippen molar-refractivity contribution in [2.24, 2.45) is 0 Å². The van der Waals surface area contributed by atoms with Gasteiger partial charge < -0.3 is 15.1 Å². The van der Waals surface area contributed by atoms with Crippen LogP contribution in [0.3, 0.4) is 0 Å². The second kappa shape index (κ2) is 5.32. The van der Waals surface area contributed by atoms with Gasteiger partial charge in [0, 0.05) is 19.6 Å². The first-order chi connectivity index (χ1) is 7.74. The second-order valence-corrected chi connectivity index (χ2v) is 4.49. The quantitative estimate of drug-likeness (QED) is 0.810. The molecule has 0 amide bonds. The topological polar surface area (TPSA) is 43.7 Å². The lowest BCUT2D eigenvalue weighted by Crippen LogP contribution is -2.37. The van der Waals surface area contributed by atoms with Crippen molar-refractivity contribution in [3.8, 4) is 5.75 Å². The molecule has 16 heavy (non-hydrogen) atoms. The third-order valence-electron chi connectivity index (χ3n) is 3.21. The van der Waals surface area contributed by atoms with Crippen molar-refractivity contribution < 1.29 is 10.2 Å².